The summed E-state index contributed by atoms with van der Waals surface area (Å²) in [4.78, 5) is 7.75. The minimum Gasteiger partial charge on any atom is -0.494 e. The van der Waals surface area contributed by atoms with E-state index in [-0.39, 0.29) is 0 Å². The van der Waals surface area contributed by atoms with E-state index in [1.165, 1.54) is 0 Å². The molecule has 2 N–H and O–H groups in total. The van der Waals surface area contributed by atoms with Crippen LogP contribution >= 0.6 is 0 Å². The van der Waals surface area contributed by atoms with Gasteiger partial charge in [0, 0.05) is 11.1 Å². The molecule has 0 amide bonds. The minimum atomic E-state index is -3.38. The van der Waals surface area contributed by atoms with E-state index in [2.05, 4.69) is 26.5 Å². The third-order valence-corrected chi connectivity index (χ3v) is 5.10. The third kappa shape index (κ3) is 5.05. The molecule has 31 heavy (non-hydrogen) atoms. The van der Waals surface area contributed by atoms with Crippen LogP contribution in [-0.4, -0.2) is 31.2 Å². The van der Waals surface area contributed by atoms with Crippen LogP contribution in [0.5, 0.6) is 5.75 Å². The number of ether oxygens (including phenoxy) is 1. The average Bonchev–Trinajstić information content (AvgIpc) is 3.15. The molecule has 0 aliphatic carbocycles. The lowest BCUT2D eigenvalue weighted by atomic mass is 10.0. The van der Waals surface area contributed by atoms with Gasteiger partial charge in [0.05, 0.1) is 29.6 Å². The molecule has 0 saturated heterocycles. The van der Waals surface area contributed by atoms with E-state index >= 15 is 0 Å². The van der Waals surface area contributed by atoms with Crippen molar-refractivity contribution in [1.82, 2.24) is 9.97 Å². The lowest BCUT2D eigenvalue weighted by Gasteiger charge is -2.10. The quantitative estimate of drug-likeness (QED) is 0.459. The number of aromatic amines is 1. The van der Waals surface area contributed by atoms with Gasteiger partial charge in [0.25, 0.3) is 0 Å². The minimum absolute atomic E-state index is 0.527. The molecule has 0 aliphatic heterocycles. The molecule has 0 aliphatic rings. The first-order valence-electron chi connectivity index (χ1n) is 9.73. The SMILES string of the molecule is CCOc1ccc(C#Cc2nc3ccc(-c4ccccc4NS(C)(=O)=O)cc3[nH]2)cc1. The Kier molecular flexibility index (Phi) is 5.65. The van der Waals surface area contributed by atoms with Gasteiger partial charge in [0.15, 0.2) is 5.82 Å². The van der Waals surface area contributed by atoms with E-state index in [1.807, 2.05) is 61.5 Å². The Bertz CT molecular complexity index is 1400. The first kappa shape index (κ1) is 20.5. The van der Waals surface area contributed by atoms with Crippen molar-refractivity contribution in [2.45, 2.75) is 6.92 Å². The maximum atomic E-state index is 11.7. The zero-order valence-electron chi connectivity index (χ0n) is 17.1. The van der Waals surface area contributed by atoms with E-state index < -0.39 is 10.0 Å². The van der Waals surface area contributed by atoms with Crippen LogP contribution in [0.3, 0.4) is 0 Å². The number of sulfonamides is 1. The van der Waals surface area contributed by atoms with Crippen molar-refractivity contribution < 1.29 is 13.2 Å². The van der Waals surface area contributed by atoms with Crippen molar-refractivity contribution in [3.63, 3.8) is 0 Å². The van der Waals surface area contributed by atoms with Gasteiger partial charge in [-0.2, -0.15) is 0 Å². The summed E-state index contributed by atoms with van der Waals surface area (Å²) in [5.74, 6) is 7.52. The number of nitrogens with zero attached hydrogens (tertiary/aromatic N) is 1. The summed E-state index contributed by atoms with van der Waals surface area (Å²) in [7, 11) is -3.38. The first-order chi connectivity index (χ1) is 14.9. The highest BCUT2D eigenvalue weighted by Gasteiger charge is 2.10. The second-order valence-electron chi connectivity index (χ2n) is 6.94. The maximum Gasteiger partial charge on any atom is 0.229 e. The summed E-state index contributed by atoms with van der Waals surface area (Å²) < 4.78 is 31.4. The van der Waals surface area contributed by atoms with Crippen LogP contribution in [0, 0.1) is 11.8 Å². The fourth-order valence-electron chi connectivity index (χ4n) is 3.19. The van der Waals surface area contributed by atoms with Crippen molar-refractivity contribution >= 4 is 26.7 Å². The number of H-pyrrole nitrogens is 1. The lowest BCUT2D eigenvalue weighted by Crippen LogP contribution is -2.10. The van der Waals surface area contributed by atoms with Crippen LogP contribution in [0.4, 0.5) is 5.69 Å². The molecule has 0 spiro atoms. The molecule has 1 aromatic heterocycles. The molecule has 4 rings (SSSR count). The van der Waals surface area contributed by atoms with Crippen molar-refractivity contribution in [3.05, 3.63) is 78.1 Å². The fraction of sp³-hybridized carbons (Fsp3) is 0.125. The number of hydrogen-bond acceptors (Lipinski definition) is 4. The van der Waals surface area contributed by atoms with E-state index in [1.54, 1.807) is 12.1 Å². The fourth-order valence-corrected chi connectivity index (χ4v) is 3.77. The standard InChI is InChI=1S/C24H21N3O3S/c1-3-30-19-12-8-17(9-13-19)10-15-24-25-22-14-11-18(16-23(22)26-24)20-6-4-5-7-21(20)27-31(2,28)29/h4-9,11-14,16,27H,3H2,1-2H3,(H,25,26). The molecule has 4 aromatic rings. The van der Waals surface area contributed by atoms with Crippen LogP contribution < -0.4 is 9.46 Å². The number of nitrogens with one attached hydrogen (secondary N) is 2. The maximum absolute atomic E-state index is 11.7. The molecule has 0 fully saturated rings. The Balaban J connectivity index is 1.63. The zero-order valence-corrected chi connectivity index (χ0v) is 18.0. The normalized spacial score (nSPS) is 11.0. The molecule has 1 heterocycles. The van der Waals surface area contributed by atoms with Gasteiger partial charge < -0.3 is 9.72 Å². The highest BCUT2D eigenvalue weighted by Crippen LogP contribution is 2.30. The van der Waals surface area contributed by atoms with Gasteiger partial charge in [-0.25, -0.2) is 13.4 Å². The lowest BCUT2D eigenvalue weighted by molar-refractivity contribution is 0.340. The molecule has 0 unspecified atom stereocenters. The van der Waals surface area contributed by atoms with E-state index in [0.29, 0.717) is 18.1 Å². The average molecular weight is 432 g/mol. The van der Waals surface area contributed by atoms with Crippen molar-refractivity contribution in [3.8, 4) is 28.7 Å². The smallest absolute Gasteiger partial charge is 0.229 e. The summed E-state index contributed by atoms with van der Waals surface area (Å²) in [5.41, 5.74) is 4.65. The molecular formula is C24H21N3O3S. The molecule has 156 valence electrons. The third-order valence-electron chi connectivity index (χ3n) is 4.51. The van der Waals surface area contributed by atoms with Gasteiger partial charge in [-0.3, -0.25) is 4.72 Å². The molecule has 0 radical (unpaired) electrons. The van der Waals surface area contributed by atoms with Gasteiger partial charge in [-0.05, 0) is 60.9 Å². The summed E-state index contributed by atoms with van der Waals surface area (Å²) in [6.07, 6.45) is 1.14. The van der Waals surface area contributed by atoms with E-state index in [9.17, 15) is 8.42 Å². The molecule has 0 bridgehead atoms. The van der Waals surface area contributed by atoms with E-state index in [4.69, 9.17) is 4.74 Å². The number of hydrogen-bond donors (Lipinski definition) is 2. The Morgan fingerprint density at radius 1 is 1.03 bits per heavy atom. The predicted molar refractivity (Wildman–Crippen MR) is 124 cm³/mol. The summed E-state index contributed by atoms with van der Waals surface area (Å²) in [6, 6.07) is 20.6. The highest BCUT2D eigenvalue weighted by atomic mass is 32.2. The van der Waals surface area contributed by atoms with Gasteiger partial charge in [0.2, 0.25) is 10.0 Å². The predicted octanol–water partition coefficient (Wildman–Crippen LogP) is 4.40. The molecule has 6 nitrogen and oxygen atoms in total. The Morgan fingerprint density at radius 2 is 1.81 bits per heavy atom. The highest BCUT2D eigenvalue weighted by molar-refractivity contribution is 7.92. The van der Waals surface area contributed by atoms with Crippen LogP contribution in [0.25, 0.3) is 22.2 Å². The van der Waals surface area contributed by atoms with Crippen molar-refractivity contribution in [2.75, 3.05) is 17.6 Å². The number of benzene rings is 3. The zero-order chi connectivity index (χ0) is 21.8. The van der Waals surface area contributed by atoms with Gasteiger partial charge >= 0.3 is 0 Å². The largest absolute Gasteiger partial charge is 0.494 e. The molecule has 7 heteroatoms. The number of rotatable bonds is 5. The van der Waals surface area contributed by atoms with Crippen molar-refractivity contribution in [1.29, 1.82) is 0 Å². The van der Waals surface area contributed by atoms with Crippen LogP contribution in [0.2, 0.25) is 0 Å². The molecule has 0 saturated carbocycles. The molecular weight excluding hydrogens is 410 g/mol. The number of para-hydroxylation sites is 1. The Hall–Kier alpha value is -3.76. The van der Waals surface area contributed by atoms with Crippen molar-refractivity contribution in [2.24, 2.45) is 0 Å². The van der Waals surface area contributed by atoms with Gasteiger partial charge in [-0.15, -0.1) is 0 Å². The Labute approximate surface area is 181 Å². The number of aromatic nitrogens is 2. The monoisotopic (exact) mass is 431 g/mol. The Morgan fingerprint density at radius 3 is 2.55 bits per heavy atom. The molecule has 0 atom stereocenters. The van der Waals surface area contributed by atoms with E-state index in [0.717, 1.165) is 39.7 Å². The second-order valence-corrected chi connectivity index (χ2v) is 8.69. The summed E-state index contributed by atoms with van der Waals surface area (Å²) in [5, 5.41) is 0. The van der Waals surface area contributed by atoms with Gasteiger partial charge in [-0.1, -0.05) is 30.2 Å². The molecule has 3 aromatic carbocycles. The first-order valence-corrected chi connectivity index (χ1v) is 11.6. The second kappa shape index (κ2) is 8.54. The van der Waals surface area contributed by atoms with Crippen LogP contribution in [-0.2, 0) is 10.0 Å². The summed E-state index contributed by atoms with van der Waals surface area (Å²) >= 11 is 0. The number of fused-ring (bicyclic) bond motifs is 1. The summed E-state index contributed by atoms with van der Waals surface area (Å²) in [6.45, 7) is 2.57. The number of imidazole rings is 1. The topological polar surface area (TPSA) is 84.1 Å². The number of anilines is 1. The van der Waals surface area contributed by atoms with Crippen LogP contribution in [0.15, 0.2) is 66.7 Å². The van der Waals surface area contributed by atoms with Crippen LogP contribution in [0.1, 0.15) is 18.3 Å². The van der Waals surface area contributed by atoms with Gasteiger partial charge in [0.1, 0.15) is 5.75 Å².